The lowest BCUT2D eigenvalue weighted by molar-refractivity contribution is -0.131. The summed E-state index contributed by atoms with van der Waals surface area (Å²) in [6, 6.07) is 18.4. The van der Waals surface area contributed by atoms with E-state index in [1.54, 1.807) is 45.5 Å². The van der Waals surface area contributed by atoms with Crippen molar-refractivity contribution in [2.24, 2.45) is 0 Å². The lowest BCUT2D eigenvalue weighted by Crippen LogP contribution is -2.11. The second-order valence-electron chi connectivity index (χ2n) is 8.32. The van der Waals surface area contributed by atoms with E-state index in [0.717, 1.165) is 22.4 Å². The van der Waals surface area contributed by atoms with Crippen LogP contribution in [0.3, 0.4) is 0 Å². The topological polar surface area (TPSA) is 106 Å². The fraction of sp³-hybridized carbons (Fsp3) is 0.143. The van der Waals surface area contributed by atoms with Crippen molar-refractivity contribution in [2.45, 2.75) is 13.8 Å². The van der Waals surface area contributed by atoms with Crippen LogP contribution in [0.1, 0.15) is 12.5 Å². The van der Waals surface area contributed by atoms with E-state index < -0.39 is 11.6 Å². The predicted molar refractivity (Wildman–Crippen MR) is 137 cm³/mol. The van der Waals surface area contributed by atoms with Crippen molar-refractivity contribution in [3.63, 3.8) is 0 Å². The average molecular weight is 498 g/mol. The number of hydrogen-bond donors (Lipinski definition) is 0. The van der Waals surface area contributed by atoms with E-state index in [0.29, 0.717) is 33.7 Å². The van der Waals surface area contributed by atoms with Gasteiger partial charge in [0.15, 0.2) is 5.69 Å². The van der Waals surface area contributed by atoms with Crippen molar-refractivity contribution >= 4 is 16.9 Å². The van der Waals surface area contributed by atoms with E-state index >= 15 is 0 Å². The van der Waals surface area contributed by atoms with Crippen LogP contribution in [-0.4, -0.2) is 35.2 Å². The molecule has 0 aliphatic carbocycles. The Hall–Kier alpha value is -4.92. The molecule has 0 radical (unpaired) electrons. The molecule has 0 aliphatic rings. The number of ether oxygens (including phenoxy) is 3. The van der Waals surface area contributed by atoms with Crippen LogP contribution in [0.2, 0.25) is 0 Å². The van der Waals surface area contributed by atoms with Crippen LogP contribution in [0.5, 0.6) is 17.2 Å². The highest BCUT2D eigenvalue weighted by Crippen LogP contribution is 2.35. The smallest absolute Gasteiger partial charge is 0.362 e. The van der Waals surface area contributed by atoms with Gasteiger partial charge in [0.25, 0.3) is 0 Å². The summed E-state index contributed by atoms with van der Waals surface area (Å²) in [4.78, 5) is 24.2. The normalized spacial score (nSPS) is 10.9. The Morgan fingerprint density at radius 3 is 2.51 bits per heavy atom. The molecule has 0 saturated heterocycles. The molecule has 186 valence electrons. The maximum Gasteiger partial charge on any atom is 0.362 e. The molecule has 5 rings (SSSR count). The van der Waals surface area contributed by atoms with Crippen LogP contribution in [0, 0.1) is 6.92 Å². The van der Waals surface area contributed by atoms with Gasteiger partial charge >= 0.3 is 11.6 Å². The molecule has 0 N–H and O–H groups in total. The number of fused-ring (bicyclic) bond motifs is 1. The van der Waals surface area contributed by atoms with Gasteiger partial charge < -0.3 is 18.6 Å². The third-order valence-corrected chi connectivity index (χ3v) is 5.95. The Balaban J connectivity index is 1.54. The summed E-state index contributed by atoms with van der Waals surface area (Å²) in [6.45, 7) is 3.04. The Morgan fingerprint density at radius 2 is 1.76 bits per heavy atom. The monoisotopic (exact) mass is 497 g/mol. The number of benzene rings is 3. The van der Waals surface area contributed by atoms with E-state index in [1.165, 1.54) is 11.6 Å². The fourth-order valence-electron chi connectivity index (χ4n) is 4.12. The number of carbonyl (C=O) groups excluding carboxylic acids is 1. The molecule has 9 heteroatoms. The summed E-state index contributed by atoms with van der Waals surface area (Å²) in [5.41, 5.74) is 3.63. The average Bonchev–Trinajstić information content (AvgIpc) is 3.40. The zero-order valence-corrected chi connectivity index (χ0v) is 20.6. The fourth-order valence-corrected chi connectivity index (χ4v) is 4.12. The minimum Gasteiger partial charge on any atom is -0.497 e. The van der Waals surface area contributed by atoms with E-state index in [1.807, 2.05) is 42.5 Å². The first-order valence-corrected chi connectivity index (χ1v) is 11.4. The number of methoxy groups -OCH3 is 2. The van der Waals surface area contributed by atoms with Gasteiger partial charge in [-0.25, -0.2) is 9.48 Å². The van der Waals surface area contributed by atoms with Crippen LogP contribution >= 0.6 is 0 Å². The molecule has 0 fully saturated rings. The van der Waals surface area contributed by atoms with Crippen LogP contribution in [0.15, 0.2) is 76.1 Å². The molecule has 0 saturated carbocycles. The van der Waals surface area contributed by atoms with Gasteiger partial charge in [0.05, 0.1) is 20.4 Å². The molecule has 5 aromatic rings. The molecule has 9 nitrogen and oxygen atoms in total. The highest BCUT2D eigenvalue weighted by Gasteiger charge is 2.16. The summed E-state index contributed by atoms with van der Waals surface area (Å²) in [7, 11) is 3.24. The van der Waals surface area contributed by atoms with Crippen molar-refractivity contribution in [1.29, 1.82) is 0 Å². The zero-order chi connectivity index (χ0) is 26.1. The van der Waals surface area contributed by atoms with Gasteiger partial charge in [-0.15, -0.1) is 5.10 Å². The molecule has 0 amide bonds. The quantitative estimate of drug-likeness (QED) is 0.184. The lowest BCUT2D eigenvalue weighted by atomic mass is 10.0. The number of aromatic nitrogens is 3. The van der Waals surface area contributed by atoms with Crippen LogP contribution in [0.4, 0.5) is 0 Å². The van der Waals surface area contributed by atoms with Gasteiger partial charge in [0, 0.05) is 29.0 Å². The lowest BCUT2D eigenvalue weighted by Gasteiger charge is -2.11. The summed E-state index contributed by atoms with van der Waals surface area (Å²) >= 11 is 0. The molecule has 0 aliphatic heterocycles. The second-order valence-corrected chi connectivity index (χ2v) is 8.32. The van der Waals surface area contributed by atoms with Gasteiger partial charge in [-0.05, 0) is 61.0 Å². The second kappa shape index (κ2) is 9.62. The minimum atomic E-state index is -0.598. The van der Waals surface area contributed by atoms with Crippen LogP contribution in [-0.2, 0) is 4.79 Å². The molecular formula is C28H23N3O6. The largest absolute Gasteiger partial charge is 0.497 e. The van der Waals surface area contributed by atoms with Crippen molar-refractivity contribution < 1.29 is 23.4 Å². The maximum absolute atomic E-state index is 12.9. The Bertz CT molecular complexity index is 1700. The van der Waals surface area contributed by atoms with Crippen molar-refractivity contribution in [2.75, 3.05) is 14.2 Å². The highest BCUT2D eigenvalue weighted by molar-refractivity contribution is 5.84. The third kappa shape index (κ3) is 4.54. The molecule has 0 spiro atoms. The summed E-state index contributed by atoms with van der Waals surface area (Å²) in [5.74, 6) is 1.31. The number of esters is 1. The maximum atomic E-state index is 12.9. The molecule has 37 heavy (non-hydrogen) atoms. The number of nitrogens with zero attached hydrogens (tertiary/aromatic N) is 3. The molecular weight excluding hydrogens is 474 g/mol. The number of carbonyl (C=O) groups is 1. The van der Waals surface area contributed by atoms with Crippen LogP contribution < -0.4 is 19.8 Å². The molecule has 0 unspecified atom stereocenters. The number of rotatable bonds is 6. The summed E-state index contributed by atoms with van der Waals surface area (Å²) < 4.78 is 23.1. The zero-order valence-electron chi connectivity index (χ0n) is 20.6. The van der Waals surface area contributed by atoms with E-state index in [9.17, 15) is 9.59 Å². The highest BCUT2D eigenvalue weighted by atomic mass is 16.5. The number of aryl methyl sites for hydroxylation is 1. The first kappa shape index (κ1) is 23.8. The van der Waals surface area contributed by atoms with Gasteiger partial charge in [-0.2, -0.15) is 0 Å². The van der Waals surface area contributed by atoms with Crippen molar-refractivity contribution in [3.8, 4) is 45.3 Å². The van der Waals surface area contributed by atoms with E-state index in [2.05, 4.69) is 10.3 Å². The minimum absolute atomic E-state index is 0.201. The molecule has 2 aromatic heterocycles. The van der Waals surface area contributed by atoms with Gasteiger partial charge in [0.2, 0.25) is 0 Å². The van der Waals surface area contributed by atoms with E-state index in [-0.39, 0.29) is 5.69 Å². The Labute approximate surface area is 211 Å². The SMILES string of the molecule is COc1cccc(-c2cc(-c3cn(-c4cc5ccc(OC(C)=O)c(C)c5oc4=O)nn3)ccc2OC)c1. The van der Waals surface area contributed by atoms with E-state index in [4.69, 9.17) is 18.6 Å². The Morgan fingerprint density at radius 1 is 0.946 bits per heavy atom. The summed E-state index contributed by atoms with van der Waals surface area (Å²) in [6.07, 6.45) is 1.66. The molecule has 0 atom stereocenters. The predicted octanol–water partition coefficient (Wildman–Crippen LogP) is 4.96. The first-order chi connectivity index (χ1) is 17.9. The van der Waals surface area contributed by atoms with Crippen LogP contribution in [0.25, 0.3) is 39.0 Å². The van der Waals surface area contributed by atoms with Gasteiger partial charge in [0.1, 0.15) is 28.5 Å². The third-order valence-electron chi connectivity index (χ3n) is 5.95. The Kier molecular flexibility index (Phi) is 6.19. The number of hydrogen-bond acceptors (Lipinski definition) is 8. The summed E-state index contributed by atoms with van der Waals surface area (Å²) in [5, 5.41) is 9.11. The van der Waals surface area contributed by atoms with Crippen molar-refractivity contribution in [1.82, 2.24) is 15.0 Å². The van der Waals surface area contributed by atoms with Gasteiger partial charge in [-0.1, -0.05) is 17.3 Å². The van der Waals surface area contributed by atoms with Crippen molar-refractivity contribution in [3.05, 3.63) is 82.8 Å². The van der Waals surface area contributed by atoms with Gasteiger partial charge in [-0.3, -0.25) is 4.79 Å². The first-order valence-electron chi connectivity index (χ1n) is 11.4. The molecule has 0 bridgehead atoms. The molecule has 2 heterocycles. The standard InChI is InChI=1S/C28H23N3O6/c1-16-25(36-17(2)32)10-9-20-14-24(28(33)37-27(16)20)31-15-23(29-30-31)19-8-11-26(35-4)22(13-19)18-6-5-7-21(12-18)34-3/h5-15H,1-4H3. The molecule has 3 aromatic carbocycles.